The molecule has 0 aromatic carbocycles. The van der Waals surface area contributed by atoms with Crippen molar-refractivity contribution in [2.24, 2.45) is 65.0 Å². The third kappa shape index (κ3) is 46.5. The summed E-state index contributed by atoms with van der Waals surface area (Å²) in [6, 6.07) is 1.92. The highest BCUT2D eigenvalue weighted by atomic mass is 28.4. The number of hydrogen-bond donors (Lipinski definition) is 16. The van der Waals surface area contributed by atoms with Gasteiger partial charge in [-0.25, -0.2) is 0 Å². The van der Waals surface area contributed by atoms with Crippen LogP contribution in [-0.2, 0) is 74.9 Å². The highest BCUT2D eigenvalue weighted by Crippen LogP contribution is 2.39. The second kappa shape index (κ2) is 67.8. The van der Waals surface area contributed by atoms with E-state index in [1.165, 1.54) is 0 Å². The molecule has 0 rings (SSSR count). The van der Waals surface area contributed by atoms with Crippen molar-refractivity contribution in [3.63, 3.8) is 0 Å². The molecule has 790 valence electrons. The predicted molar refractivity (Wildman–Crippen MR) is 519 cm³/mol. The average molecular weight is 1950 g/mol. The zero-order valence-corrected chi connectivity index (χ0v) is 89.6. The molecule has 0 aromatic heterocycles. The lowest BCUT2D eigenvalue weighted by Gasteiger charge is -2.40. The van der Waals surface area contributed by atoms with Gasteiger partial charge in [0.2, 0.25) is 0 Å². The van der Waals surface area contributed by atoms with Crippen molar-refractivity contribution >= 4 is 25.0 Å². The monoisotopic (exact) mass is 1950 g/mol. The summed E-state index contributed by atoms with van der Waals surface area (Å²) in [5.74, 6) is 0. The van der Waals surface area contributed by atoms with Crippen LogP contribution in [0.3, 0.4) is 0 Å². The Kier molecular flexibility index (Phi) is 68.5. The molecule has 8 atom stereocenters. The number of hydrogen-bond acceptors (Lipinski definition) is 32. The lowest BCUT2D eigenvalue weighted by Crippen LogP contribution is -2.47. The number of ether oxygens (including phenoxy) is 14. The first kappa shape index (κ1) is 132. The summed E-state index contributed by atoms with van der Waals surface area (Å²) < 4.78 is 101. The topological polar surface area (TPSA) is 471 Å². The zero-order chi connectivity index (χ0) is 100. The van der Waals surface area contributed by atoms with E-state index in [4.69, 9.17) is 74.9 Å². The van der Waals surface area contributed by atoms with Gasteiger partial charge in [-0.05, 0) is 161 Å². The van der Waals surface area contributed by atoms with Crippen molar-refractivity contribution in [3.8, 4) is 0 Å². The molecular formula is C96H202O32Si3. The normalized spacial score (nSPS) is 17.0. The van der Waals surface area contributed by atoms with Crippen molar-refractivity contribution in [1.82, 2.24) is 0 Å². The molecule has 35 heteroatoms. The largest absolute Gasteiger partial charge is 0.456 e. The van der Waals surface area contributed by atoms with Crippen LogP contribution >= 0.6 is 0 Å². The molecule has 0 aliphatic rings. The first-order chi connectivity index (χ1) is 62.0. The van der Waals surface area contributed by atoms with E-state index in [-0.39, 0.29) is 251 Å². The highest BCUT2D eigenvalue weighted by molar-refractivity contribution is 6.84. The molecule has 16 N–H and O–H groups in total. The fourth-order valence-corrected chi connectivity index (χ4v) is 23.8. The Morgan fingerprint density at radius 1 is 0.183 bits per heavy atom. The van der Waals surface area contributed by atoms with Crippen LogP contribution in [0.2, 0.25) is 57.9 Å². The second-order valence-corrected chi connectivity index (χ2v) is 55.1. The summed E-state index contributed by atoms with van der Waals surface area (Å²) in [6.45, 7) is 44.5. The van der Waals surface area contributed by atoms with Crippen LogP contribution in [-0.4, -0.2) is 402 Å². The Morgan fingerprint density at radius 2 is 0.344 bits per heavy atom. The van der Waals surface area contributed by atoms with Gasteiger partial charge in [0.15, 0.2) is 25.0 Å². The number of aliphatic hydroxyl groups excluding tert-OH is 16. The third-order valence-electron chi connectivity index (χ3n) is 29.1. The summed E-state index contributed by atoms with van der Waals surface area (Å²) in [5, 5.41) is 163. The van der Waals surface area contributed by atoms with E-state index in [0.29, 0.717) is 116 Å². The Hall–Kier alpha value is -0.629. The summed E-state index contributed by atoms with van der Waals surface area (Å²) in [7, 11) is -3.58. The SMILES string of the molecule is CCC(CO)(CO)COCC(CC)(CO)COCC(CC)(CO)COCC(CC)(COCCC[Si](C)(C)OC)COCC(CC)(COCC(CC)(CO)CO)COC(CC)(CO)CO.CCC(CO)(CO)COCC(CC)(CO)COCC(CC)(CO)COCC(CC)(COCCC[Si](C)(C)O[Si](C)(C)C)COCC(CC)(COCC(CC)(CO)CO)COC(CC)(CO)CO. The van der Waals surface area contributed by atoms with Crippen molar-refractivity contribution in [2.75, 3.05) is 285 Å². The lowest BCUT2D eigenvalue weighted by molar-refractivity contribution is -0.169. The van der Waals surface area contributed by atoms with Crippen LogP contribution in [0.25, 0.3) is 0 Å². The van der Waals surface area contributed by atoms with Crippen molar-refractivity contribution in [3.05, 3.63) is 0 Å². The summed E-state index contributed by atoms with van der Waals surface area (Å²) in [4.78, 5) is 0. The Morgan fingerprint density at radius 3 is 0.496 bits per heavy atom. The molecule has 131 heavy (non-hydrogen) atoms. The van der Waals surface area contributed by atoms with Crippen LogP contribution in [0.4, 0.5) is 0 Å². The summed E-state index contributed by atoms with van der Waals surface area (Å²) >= 11 is 0. The quantitative estimate of drug-likeness (QED) is 0.0200. The minimum Gasteiger partial charge on any atom is -0.456 e. The molecule has 0 bridgehead atoms. The van der Waals surface area contributed by atoms with E-state index in [9.17, 15) is 81.7 Å². The van der Waals surface area contributed by atoms with Crippen molar-refractivity contribution in [2.45, 2.75) is 269 Å². The van der Waals surface area contributed by atoms with E-state index < -0.39 is 101 Å². The molecule has 0 heterocycles. The van der Waals surface area contributed by atoms with Gasteiger partial charge in [-0.2, -0.15) is 0 Å². The second-order valence-electron chi connectivity index (χ2n) is 41.6. The summed E-state index contributed by atoms with van der Waals surface area (Å²) in [6.07, 6.45) is 9.23. The van der Waals surface area contributed by atoms with Gasteiger partial charge in [0.25, 0.3) is 0 Å². The van der Waals surface area contributed by atoms with Gasteiger partial charge in [0.05, 0.1) is 264 Å². The van der Waals surface area contributed by atoms with E-state index in [1.807, 2.05) is 83.1 Å². The maximum atomic E-state index is 10.8. The number of rotatable bonds is 91. The van der Waals surface area contributed by atoms with Gasteiger partial charge >= 0.3 is 0 Å². The van der Waals surface area contributed by atoms with Crippen molar-refractivity contribution < 1.29 is 157 Å². The lowest BCUT2D eigenvalue weighted by atomic mass is 9.84. The molecule has 0 radical (unpaired) electrons. The van der Waals surface area contributed by atoms with Crippen LogP contribution in [0.15, 0.2) is 0 Å². The highest BCUT2D eigenvalue weighted by Gasteiger charge is 2.45. The third-order valence-corrected chi connectivity index (χ3v) is 38.0. The molecule has 0 spiro atoms. The van der Waals surface area contributed by atoms with Gasteiger partial charge in [-0.1, -0.05) is 96.9 Å². The Labute approximate surface area is 795 Å². The van der Waals surface area contributed by atoms with E-state index in [1.54, 1.807) is 7.11 Å². The molecule has 0 fully saturated rings. The fourth-order valence-electron chi connectivity index (χ4n) is 14.5. The van der Waals surface area contributed by atoms with Gasteiger partial charge in [-0.15, -0.1) is 0 Å². The van der Waals surface area contributed by atoms with Crippen LogP contribution in [0.5, 0.6) is 0 Å². The predicted octanol–water partition coefficient (Wildman–Crippen LogP) is 8.82. The van der Waals surface area contributed by atoms with E-state index in [2.05, 4.69) is 59.7 Å². The molecule has 0 aliphatic heterocycles. The van der Waals surface area contributed by atoms with Gasteiger partial charge < -0.3 is 157 Å². The van der Waals surface area contributed by atoms with E-state index >= 15 is 0 Å². The van der Waals surface area contributed by atoms with E-state index in [0.717, 1.165) is 24.9 Å². The number of aliphatic hydroxyl groups is 16. The average Bonchev–Trinajstić information content (AvgIpc) is 0.837. The van der Waals surface area contributed by atoms with Crippen LogP contribution in [0.1, 0.15) is 200 Å². The Bertz CT molecular complexity index is 2660. The molecule has 0 saturated carbocycles. The minimum atomic E-state index is -1.87. The van der Waals surface area contributed by atoms with Gasteiger partial charge in [0.1, 0.15) is 11.2 Å². The fraction of sp³-hybridized carbons (Fsp3) is 1.00. The molecular weight excluding hydrogens is 1750 g/mol. The molecule has 32 nitrogen and oxygen atoms in total. The standard InChI is InChI=1S/C49H104O16Si2.C47H98O16Si/c1-13-43(23-50,24-51)31-59-33-45(15-3,27-54)34-61-35-46(16-4,28-55)36-62-38-47(17-5,37-58-21-20-22-67(11,12)65-66(8,9)10)39-63-41-48(18-6,42-64-49(19-7,29-56)30-57)40-60-32-44(14-2,25-52)26-53;1-11-41(21-48,22-49)29-58-31-43(13-3,25-52)32-60-33-44(14-4,26-53)34-61-36-45(15-5,35-57-19-18-20-64(9,10)56-8)37-62-39-46(16-6,40-63-47(17-7,27-54)28-55)38-59-30-42(12-2,23-50)24-51/h50-57H,13-42H2,1-12H3;48-55H,11-40H2,1-10H3. The molecule has 0 aromatic rings. The smallest absolute Gasteiger partial charge is 0.186 e. The minimum absolute atomic E-state index is 0.114. The van der Waals surface area contributed by atoms with Crippen LogP contribution < -0.4 is 0 Å². The van der Waals surface area contributed by atoms with Gasteiger partial charge in [-0.3, -0.25) is 0 Å². The Balaban J connectivity index is 0. The van der Waals surface area contributed by atoms with Crippen LogP contribution in [0, 0.1) is 65.0 Å². The summed E-state index contributed by atoms with van der Waals surface area (Å²) in [5.41, 5.74) is -11.0. The van der Waals surface area contributed by atoms with Crippen molar-refractivity contribution in [1.29, 1.82) is 0 Å². The molecule has 0 saturated heterocycles. The van der Waals surface area contributed by atoms with Gasteiger partial charge in [0, 0.05) is 85.3 Å². The molecule has 0 amide bonds. The molecule has 8 unspecified atom stereocenters. The maximum absolute atomic E-state index is 10.8. The maximum Gasteiger partial charge on any atom is 0.186 e. The first-order valence-corrected chi connectivity index (χ1v) is 58.8. The zero-order valence-electron chi connectivity index (χ0n) is 86.6. The molecule has 0 aliphatic carbocycles. The first-order valence-electron chi connectivity index (χ1n) is 49.2.